The minimum absolute atomic E-state index is 0.0654. The van der Waals surface area contributed by atoms with Gasteiger partial charge in [0, 0.05) is 0 Å². The van der Waals surface area contributed by atoms with Crippen LogP contribution in [0.15, 0.2) is 21.2 Å². The van der Waals surface area contributed by atoms with Crippen molar-refractivity contribution in [2.75, 3.05) is 6.61 Å². The van der Waals surface area contributed by atoms with Crippen LogP contribution < -0.4 is 5.32 Å². The molecule has 14 heavy (non-hydrogen) atoms. The largest absolute Gasteiger partial charge is 0.444 e. The molecule has 0 bridgehead atoms. The third-order valence-electron chi connectivity index (χ3n) is 1.85. The predicted molar refractivity (Wildman–Crippen MR) is 55.0 cm³/mol. The van der Waals surface area contributed by atoms with Crippen molar-refractivity contribution in [2.45, 2.75) is 19.4 Å². The van der Waals surface area contributed by atoms with Gasteiger partial charge in [-0.3, -0.25) is 4.79 Å². The van der Waals surface area contributed by atoms with Crippen molar-refractivity contribution >= 4 is 21.8 Å². The highest BCUT2D eigenvalue weighted by molar-refractivity contribution is 9.10. The molecule has 1 atom stereocenters. The Bertz CT molecular complexity index is 307. The Morgan fingerprint density at radius 3 is 2.86 bits per heavy atom. The summed E-state index contributed by atoms with van der Waals surface area (Å²) in [5.41, 5.74) is 0. The number of hydrogen-bond donors (Lipinski definition) is 2. The van der Waals surface area contributed by atoms with Crippen molar-refractivity contribution in [2.24, 2.45) is 0 Å². The van der Waals surface area contributed by atoms with Gasteiger partial charge in [-0.25, -0.2) is 0 Å². The van der Waals surface area contributed by atoms with Gasteiger partial charge >= 0.3 is 0 Å². The van der Waals surface area contributed by atoms with Crippen molar-refractivity contribution in [3.05, 3.63) is 22.6 Å². The number of rotatable bonds is 4. The molecule has 0 spiro atoms. The topological polar surface area (TPSA) is 62.5 Å². The molecular weight excluding hydrogens is 250 g/mol. The standard InChI is InChI=1S/C9H12BrNO3/c1-2-6(5-12)11-9(13)7-3-4-8(10)14-7/h3-4,6,12H,2,5H2,1H3,(H,11,13)/t6-/m1/s1. The van der Waals surface area contributed by atoms with Crippen LogP contribution in [0, 0.1) is 0 Å². The Labute approximate surface area is 90.4 Å². The maximum atomic E-state index is 11.4. The van der Waals surface area contributed by atoms with Crippen LogP contribution in [0.5, 0.6) is 0 Å². The molecule has 1 aromatic rings. The van der Waals surface area contributed by atoms with Gasteiger partial charge in [0.05, 0.1) is 12.6 Å². The van der Waals surface area contributed by atoms with Crippen LogP contribution in [0.4, 0.5) is 0 Å². The predicted octanol–water partition coefficient (Wildman–Crippen LogP) is 1.54. The van der Waals surface area contributed by atoms with E-state index in [-0.39, 0.29) is 24.3 Å². The number of carbonyl (C=O) groups is 1. The zero-order valence-electron chi connectivity index (χ0n) is 7.79. The molecule has 1 heterocycles. The summed E-state index contributed by atoms with van der Waals surface area (Å²) in [6, 6.07) is 3.00. The van der Waals surface area contributed by atoms with Crippen LogP contribution in [-0.2, 0) is 0 Å². The van der Waals surface area contributed by atoms with E-state index in [0.29, 0.717) is 11.1 Å². The summed E-state index contributed by atoms with van der Waals surface area (Å²) in [5.74, 6) is -0.0691. The van der Waals surface area contributed by atoms with Gasteiger partial charge in [-0.2, -0.15) is 0 Å². The van der Waals surface area contributed by atoms with Crippen LogP contribution in [0.1, 0.15) is 23.9 Å². The quantitative estimate of drug-likeness (QED) is 0.865. The van der Waals surface area contributed by atoms with Crippen LogP contribution in [-0.4, -0.2) is 23.7 Å². The summed E-state index contributed by atoms with van der Waals surface area (Å²) < 4.78 is 5.57. The molecule has 1 aromatic heterocycles. The fourth-order valence-corrected chi connectivity index (χ4v) is 1.28. The van der Waals surface area contributed by atoms with Gasteiger partial charge < -0.3 is 14.8 Å². The van der Waals surface area contributed by atoms with E-state index in [2.05, 4.69) is 21.2 Å². The van der Waals surface area contributed by atoms with Gasteiger partial charge in [0.1, 0.15) is 0 Å². The number of aliphatic hydroxyl groups is 1. The van der Waals surface area contributed by atoms with E-state index in [1.807, 2.05) is 6.92 Å². The van der Waals surface area contributed by atoms with E-state index in [9.17, 15) is 4.79 Å². The average molecular weight is 262 g/mol. The second-order valence-electron chi connectivity index (χ2n) is 2.86. The first-order valence-electron chi connectivity index (χ1n) is 4.34. The summed E-state index contributed by atoms with van der Waals surface area (Å²) in [4.78, 5) is 11.4. The Morgan fingerprint density at radius 2 is 2.43 bits per heavy atom. The summed E-state index contributed by atoms with van der Waals surface area (Å²) in [5, 5.41) is 11.5. The fourth-order valence-electron chi connectivity index (χ4n) is 0.970. The van der Waals surface area contributed by atoms with Crippen molar-refractivity contribution in [3.8, 4) is 0 Å². The average Bonchev–Trinajstić information content (AvgIpc) is 2.61. The normalized spacial score (nSPS) is 12.5. The Kier molecular flexibility index (Phi) is 4.16. The van der Waals surface area contributed by atoms with Crippen LogP contribution in [0.3, 0.4) is 0 Å². The second kappa shape index (κ2) is 5.17. The van der Waals surface area contributed by atoms with E-state index in [1.54, 1.807) is 12.1 Å². The van der Waals surface area contributed by atoms with Gasteiger partial charge in [-0.1, -0.05) is 6.92 Å². The third-order valence-corrected chi connectivity index (χ3v) is 2.27. The highest BCUT2D eigenvalue weighted by Gasteiger charge is 2.14. The first kappa shape index (κ1) is 11.3. The second-order valence-corrected chi connectivity index (χ2v) is 3.65. The highest BCUT2D eigenvalue weighted by Crippen LogP contribution is 2.13. The Hall–Kier alpha value is -0.810. The van der Waals surface area contributed by atoms with Gasteiger partial charge in [0.25, 0.3) is 5.91 Å². The van der Waals surface area contributed by atoms with Crippen LogP contribution >= 0.6 is 15.9 Å². The smallest absolute Gasteiger partial charge is 0.287 e. The summed E-state index contributed by atoms with van der Waals surface area (Å²) in [6.07, 6.45) is 0.685. The van der Waals surface area contributed by atoms with Gasteiger partial charge in [-0.05, 0) is 34.5 Å². The Balaban J connectivity index is 2.58. The third kappa shape index (κ3) is 2.85. The molecule has 0 saturated heterocycles. The number of nitrogens with one attached hydrogen (secondary N) is 1. The summed E-state index contributed by atoms with van der Waals surface area (Å²) >= 11 is 3.10. The highest BCUT2D eigenvalue weighted by atomic mass is 79.9. The molecule has 0 radical (unpaired) electrons. The molecule has 1 rings (SSSR count). The molecule has 4 nitrogen and oxygen atoms in total. The number of halogens is 1. The number of hydrogen-bond acceptors (Lipinski definition) is 3. The van der Waals surface area contributed by atoms with Gasteiger partial charge in [-0.15, -0.1) is 0 Å². The molecule has 2 N–H and O–H groups in total. The molecule has 0 aliphatic rings. The molecule has 0 fully saturated rings. The minimum Gasteiger partial charge on any atom is -0.444 e. The van der Waals surface area contributed by atoms with E-state index in [1.165, 1.54) is 0 Å². The lowest BCUT2D eigenvalue weighted by Crippen LogP contribution is -2.36. The molecule has 0 aromatic carbocycles. The lowest BCUT2D eigenvalue weighted by molar-refractivity contribution is 0.0885. The summed E-state index contributed by atoms with van der Waals surface area (Å²) in [7, 11) is 0. The SMILES string of the molecule is CC[C@H](CO)NC(=O)c1ccc(Br)o1. The zero-order chi connectivity index (χ0) is 10.6. The monoisotopic (exact) mass is 261 g/mol. The number of carbonyl (C=O) groups excluding carboxylic acids is 1. The van der Waals surface area contributed by atoms with E-state index in [4.69, 9.17) is 9.52 Å². The molecule has 0 aliphatic carbocycles. The van der Waals surface area contributed by atoms with Crippen molar-refractivity contribution in [1.82, 2.24) is 5.32 Å². The molecule has 0 saturated carbocycles. The number of aliphatic hydroxyl groups excluding tert-OH is 1. The first-order chi connectivity index (χ1) is 6.67. The molecule has 5 heteroatoms. The van der Waals surface area contributed by atoms with E-state index >= 15 is 0 Å². The van der Waals surface area contributed by atoms with Crippen LogP contribution in [0.25, 0.3) is 0 Å². The van der Waals surface area contributed by atoms with Crippen LogP contribution in [0.2, 0.25) is 0 Å². The summed E-state index contributed by atoms with van der Waals surface area (Å²) in [6.45, 7) is 1.82. The number of amides is 1. The maximum Gasteiger partial charge on any atom is 0.287 e. The molecular formula is C9H12BrNO3. The number of furan rings is 1. The minimum atomic E-state index is -0.309. The molecule has 0 aliphatic heterocycles. The first-order valence-corrected chi connectivity index (χ1v) is 5.13. The fraction of sp³-hybridized carbons (Fsp3) is 0.444. The zero-order valence-corrected chi connectivity index (χ0v) is 9.37. The van der Waals surface area contributed by atoms with Crippen molar-refractivity contribution in [3.63, 3.8) is 0 Å². The maximum absolute atomic E-state index is 11.4. The Morgan fingerprint density at radius 1 is 1.71 bits per heavy atom. The lowest BCUT2D eigenvalue weighted by atomic mass is 10.2. The van der Waals surface area contributed by atoms with E-state index < -0.39 is 0 Å². The van der Waals surface area contributed by atoms with E-state index in [0.717, 1.165) is 0 Å². The molecule has 78 valence electrons. The lowest BCUT2D eigenvalue weighted by Gasteiger charge is -2.12. The molecule has 1 amide bonds. The van der Waals surface area contributed by atoms with Gasteiger partial charge in [0.15, 0.2) is 10.4 Å². The van der Waals surface area contributed by atoms with Crippen molar-refractivity contribution < 1.29 is 14.3 Å². The van der Waals surface area contributed by atoms with Gasteiger partial charge in [0.2, 0.25) is 0 Å². The molecule has 0 unspecified atom stereocenters. The van der Waals surface area contributed by atoms with Crippen molar-refractivity contribution in [1.29, 1.82) is 0 Å².